The maximum Gasteiger partial charge on any atom is 0.336 e. The van der Waals surface area contributed by atoms with Crippen molar-refractivity contribution in [3.05, 3.63) is 75.6 Å². The van der Waals surface area contributed by atoms with Gasteiger partial charge in [-0.05, 0) is 43.0 Å². The van der Waals surface area contributed by atoms with Crippen LogP contribution in [-0.2, 0) is 13.0 Å². The molecular formula is C21H22O3. The van der Waals surface area contributed by atoms with Crippen LogP contribution in [0.1, 0.15) is 36.5 Å². The van der Waals surface area contributed by atoms with Crippen LogP contribution >= 0.6 is 0 Å². The zero-order valence-corrected chi connectivity index (χ0v) is 14.2. The predicted molar refractivity (Wildman–Crippen MR) is 96.6 cm³/mol. The summed E-state index contributed by atoms with van der Waals surface area (Å²) in [5, 5.41) is 0.991. The summed E-state index contributed by atoms with van der Waals surface area (Å²) in [7, 11) is 0. The Morgan fingerprint density at radius 1 is 1.04 bits per heavy atom. The van der Waals surface area contributed by atoms with Crippen LogP contribution in [0, 0.1) is 6.92 Å². The number of benzene rings is 2. The largest absolute Gasteiger partial charge is 0.489 e. The molecule has 0 bridgehead atoms. The third-order valence-electron chi connectivity index (χ3n) is 4.13. The van der Waals surface area contributed by atoms with Crippen molar-refractivity contribution in [2.75, 3.05) is 0 Å². The second-order valence-electron chi connectivity index (χ2n) is 6.13. The first-order valence-corrected chi connectivity index (χ1v) is 8.41. The molecule has 0 unspecified atom stereocenters. The third kappa shape index (κ3) is 3.85. The van der Waals surface area contributed by atoms with Crippen LogP contribution in [-0.4, -0.2) is 0 Å². The zero-order chi connectivity index (χ0) is 16.9. The van der Waals surface area contributed by atoms with E-state index >= 15 is 0 Å². The summed E-state index contributed by atoms with van der Waals surface area (Å²) >= 11 is 0. The topological polar surface area (TPSA) is 39.4 Å². The monoisotopic (exact) mass is 322 g/mol. The minimum absolute atomic E-state index is 0.302. The van der Waals surface area contributed by atoms with Gasteiger partial charge in [0.05, 0.1) is 0 Å². The van der Waals surface area contributed by atoms with Crippen molar-refractivity contribution in [2.24, 2.45) is 0 Å². The Morgan fingerprint density at radius 3 is 2.58 bits per heavy atom. The predicted octanol–water partition coefficient (Wildman–Crippen LogP) is 5.02. The van der Waals surface area contributed by atoms with E-state index in [4.69, 9.17) is 9.15 Å². The van der Waals surface area contributed by atoms with Gasteiger partial charge in [-0.25, -0.2) is 4.79 Å². The molecule has 124 valence electrons. The van der Waals surface area contributed by atoms with E-state index in [9.17, 15) is 4.79 Å². The van der Waals surface area contributed by atoms with Gasteiger partial charge in [0.1, 0.15) is 17.9 Å². The Morgan fingerprint density at radius 2 is 1.83 bits per heavy atom. The Labute approximate surface area is 141 Å². The normalized spacial score (nSPS) is 10.9. The minimum Gasteiger partial charge on any atom is -0.489 e. The molecule has 0 aliphatic rings. The fraction of sp³-hybridized carbons (Fsp3) is 0.286. The second kappa shape index (κ2) is 7.35. The van der Waals surface area contributed by atoms with E-state index < -0.39 is 0 Å². The maximum absolute atomic E-state index is 11.8. The van der Waals surface area contributed by atoms with E-state index in [0.29, 0.717) is 17.9 Å². The van der Waals surface area contributed by atoms with Crippen LogP contribution in [0.15, 0.2) is 57.7 Å². The van der Waals surface area contributed by atoms with Crippen LogP contribution in [0.3, 0.4) is 0 Å². The van der Waals surface area contributed by atoms with Gasteiger partial charge in [-0.2, -0.15) is 0 Å². The molecule has 0 N–H and O–H groups in total. The molecule has 0 spiro atoms. The highest BCUT2D eigenvalue weighted by atomic mass is 16.5. The highest BCUT2D eigenvalue weighted by Crippen LogP contribution is 2.24. The number of hydrogen-bond donors (Lipinski definition) is 0. The van der Waals surface area contributed by atoms with Gasteiger partial charge in [0.15, 0.2) is 0 Å². The van der Waals surface area contributed by atoms with Gasteiger partial charge in [0.2, 0.25) is 0 Å². The zero-order valence-electron chi connectivity index (χ0n) is 14.2. The first-order valence-electron chi connectivity index (χ1n) is 8.41. The molecule has 3 aromatic rings. The highest BCUT2D eigenvalue weighted by molar-refractivity contribution is 5.81. The van der Waals surface area contributed by atoms with Crippen molar-refractivity contribution in [3.63, 3.8) is 0 Å². The Bertz CT molecular complexity index is 876. The molecule has 3 nitrogen and oxygen atoms in total. The van der Waals surface area contributed by atoms with Gasteiger partial charge in [-0.3, -0.25) is 0 Å². The van der Waals surface area contributed by atoms with Crippen LogP contribution in [0.4, 0.5) is 0 Å². The minimum atomic E-state index is -0.302. The van der Waals surface area contributed by atoms with Gasteiger partial charge in [0, 0.05) is 17.5 Å². The molecule has 2 aromatic carbocycles. The second-order valence-corrected chi connectivity index (χ2v) is 6.13. The van der Waals surface area contributed by atoms with Crippen LogP contribution in [0.25, 0.3) is 11.0 Å². The summed E-state index contributed by atoms with van der Waals surface area (Å²) in [4.78, 5) is 11.8. The summed E-state index contributed by atoms with van der Waals surface area (Å²) in [6.07, 6.45) is 3.05. The standard InChI is InChI=1S/C21H22O3/c1-3-4-5-17-12-21(22)24-20-13-18(10-11-19(17)20)23-14-16-8-6-15(2)7-9-16/h6-13H,3-5,14H2,1-2H3. The molecule has 1 heterocycles. The number of fused-ring (bicyclic) bond motifs is 1. The van der Waals surface area contributed by atoms with E-state index in [1.165, 1.54) is 5.56 Å². The molecule has 24 heavy (non-hydrogen) atoms. The molecule has 0 atom stereocenters. The molecule has 0 aliphatic heterocycles. The van der Waals surface area contributed by atoms with Crippen LogP contribution in [0.5, 0.6) is 5.75 Å². The molecule has 0 aliphatic carbocycles. The third-order valence-corrected chi connectivity index (χ3v) is 4.13. The van der Waals surface area contributed by atoms with Gasteiger partial charge in [-0.1, -0.05) is 43.2 Å². The average molecular weight is 322 g/mol. The number of ether oxygens (including phenoxy) is 1. The van der Waals surface area contributed by atoms with Crippen LogP contribution < -0.4 is 10.4 Å². The molecular weight excluding hydrogens is 300 g/mol. The van der Waals surface area contributed by atoms with E-state index in [-0.39, 0.29) is 5.63 Å². The molecule has 3 heteroatoms. The summed E-state index contributed by atoms with van der Waals surface area (Å²) in [6.45, 7) is 4.70. The fourth-order valence-corrected chi connectivity index (χ4v) is 2.73. The number of aryl methyl sites for hydroxylation is 2. The lowest BCUT2D eigenvalue weighted by molar-refractivity contribution is 0.306. The molecule has 0 radical (unpaired) electrons. The van der Waals surface area contributed by atoms with Gasteiger partial charge >= 0.3 is 5.63 Å². The van der Waals surface area contributed by atoms with Crippen molar-refractivity contribution >= 4 is 11.0 Å². The van der Waals surface area contributed by atoms with Crippen molar-refractivity contribution in [1.29, 1.82) is 0 Å². The first-order chi connectivity index (χ1) is 11.7. The van der Waals surface area contributed by atoms with E-state index in [1.54, 1.807) is 12.1 Å². The Kier molecular flexibility index (Phi) is 4.99. The summed E-state index contributed by atoms with van der Waals surface area (Å²) < 4.78 is 11.2. The molecule has 0 fully saturated rings. The van der Waals surface area contributed by atoms with Crippen molar-refractivity contribution < 1.29 is 9.15 Å². The molecule has 0 amide bonds. The van der Waals surface area contributed by atoms with Gasteiger partial charge < -0.3 is 9.15 Å². The molecule has 3 rings (SSSR count). The smallest absolute Gasteiger partial charge is 0.336 e. The molecule has 1 aromatic heterocycles. The fourth-order valence-electron chi connectivity index (χ4n) is 2.73. The lowest BCUT2D eigenvalue weighted by Crippen LogP contribution is -2.01. The lowest BCUT2D eigenvalue weighted by Gasteiger charge is -2.09. The van der Waals surface area contributed by atoms with Crippen molar-refractivity contribution in [1.82, 2.24) is 0 Å². The summed E-state index contributed by atoms with van der Waals surface area (Å²) in [5.74, 6) is 0.707. The van der Waals surface area contributed by atoms with E-state index in [1.807, 2.05) is 12.1 Å². The SMILES string of the molecule is CCCCc1cc(=O)oc2cc(OCc3ccc(C)cc3)ccc12. The quantitative estimate of drug-likeness (QED) is 0.598. The van der Waals surface area contributed by atoms with Crippen molar-refractivity contribution in [3.8, 4) is 5.75 Å². The first kappa shape index (κ1) is 16.3. The number of unbranched alkanes of at least 4 members (excludes halogenated alkanes) is 1. The number of hydrogen-bond acceptors (Lipinski definition) is 3. The molecule has 0 saturated carbocycles. The summed E-state index contributed by atoms with van der Waals surface area (Å²) in [5.41, 5.74) is 3.68. The van der Waals surface area contributed by atoms with E-state index in [0.717, 1.165) is 35.8 Å². The average Bonchev–Trinajstić information content (AvgIpc) is 2.58. The van der Waals surface area contributed by atoms with Gasteiger partial charge in [0.25, 0.3) is 0 Å². The maximum atomic E-state index is 11.8. The highest BCUT2D eigenvalue weighted by Gasteiger charge is 2.07. The van der Waals surface area contributed by atoms with Gasteiger partial charge in [-0.15, -0.1) is 0 Å². The Hall–Kier alpha value is -2.55. The summed E-state index contributed by atoms with van der Waals surface area (Å²) in [6, 6.07) is 15.6. The Balaban J connectivity index is 1.82. The lowest BCUT2D eigenvalue weighted by atomic mass is 10.0. The molecule has 0 saturated heterocycles. The van der Waals surface area contributed by atoms with Crippen LogP contribution in [0.2, 0.25) is 0 Å². The van der Waals surface area contributed by atoms with Crippen molar-refractivity contribution in [2.45, 2.75) is 39.7 Å². The van der Waals surface area contributed by atoms with E-state index in [2.05, 4.69) is 38.1 Å². The number of rotatable bonds is 6.